The van der Waals surface area contributed by atoms with Crippen LogP contribution in [-0.4, -0.2) is 17.5 Å². The summed E-state index contributed by atoms with van der Waals surface area (Å²) in [6.45, 7) is -0.105. The maximum absolute atomic E-state index is 12.5. The van der Waals surface area contributed by atoms with Gasteiger partial charge in [0.2, 0.25) is 0 Å². The van der Waals surface area contributed by atoms with Gasteiger partial charge in [-0.2, -0.15) is 18.4 Å². The van der Waals surface area contributed by atoms with Gasteiger partial charge >= 0.3 is 6.18 Å². The molecule has 0 radical (unpaired) electrons. The molecule has 0 aliphatic heterocycles. The van der Waals surface area contributed by atoms with Crippen molar-refractivity contribution < 1.29 is 18.3 Å². The van der Waals surface area contributed by atoms with Gasteiger partial charge in [0.05, 0.1) is 23.8 Å². The standard InChI is InChI=1S/C10H8F3NOS/c11-10(12,13)9-5-8(16-4-3-15)2-1-7(9)6-14/h1-2,5,15H,3-4H2. The van der Waals surface area contributed by atoms with Crippen LogP contribution < -0.4 is 0 Å². The summed E-state index contributed by atoms with van der Waals surface area (Å²) in [5.74, 6) is 0.323. The Hall–Kier alpha value is -1.19. The van der Waals surface area contributed by atoms with Crippen LogP contribution >= 0.6 is 11.8 Å². The molecule has 86 valence electrons. The Balaban J connectivity index is 3.08. The molecule has 1 aromatic carbocycles. The third-order valence-corrected chi connectivity index (χ3v) is 2.75. The van der Waals surface area contributed by atoms with Gasteiger partial charge in [-0.1, -0.05) is 0 Å². The molecule has 0 aliphatic carbocycles. The van der Waals surface area contributed by atoms with Crippen LogP contribution in [-0.2, 0) is 6.18 Å². The molecule has 16 heavy (non-hydrogen) atoms. The van der Waals surface area contributed by atoms with Crippen LogP contribution in [0.2, 0.25) is 0 Å². The molecule has 6 heteroatoms. The number of halogens is 3. The molecule has 0 saturated heterocycles. The molecule has 0 unspecified atom stereocenters. The van der Waals surface area contributed by atoms with E-state index in [0.717, 1.165) is 23.9 Å². The predicted molar refractivity (Wildman–Crippen MR) is 54.0 cm³/mol. The van der Waals surface area contributed by atoms with Crippen molar-refractivity contribution in [2.75, 3.05) is 12.4 Å². The van der Waals surface area contributed by atoms with E-state index in [0.29, 0.717) is 10.6 Å². The van der Waals surface area contributed by atoms with Gasteiger partial charge in [0.1, 0.15) is 0 Å². The van der Waals surface area contributed by atoms with Crippen molar-refractivity contribution in [1.29, 1.82) is 5.26 Å². The third kappa shape index (κ3) is 3.15. The van der Waals surface area contributed by atoms with Gasteiger partial charge in [0.25, 0.3) is 0 Å². The van der Waals surface area contributed by atoms with Crippen LogP contribution in [0.1, 0.15) is 11.1 Å². The number of hydrogen-bond donors (Lipinski definition) is 1. The Bertz CT molecular complexity index is 412. The second kappa shape index (κ2) is 5.23. The van der Waals surface area contributed by atoms with Gasteiger partial charge in [0.15, 0.2) is 0 Å². The Kier molecular flexibility index (Phi) is 4.21. The number of thioether (sulfide) groups is 1. The summed E-state index contributed by atoms with van der Waals surface area (Å²) in [5, 5.41) is 17.1. The Morgan fingerprint density at radius 1 is 1.38 bits per heavy atom. The van der Waals surface area contributed by atoms with Crippen molar-refractivity contribution in [3.63, 3.8) is 0 Å². The lowest BCUT2D eigenvalue weighted by atomic mass is 10.1. The largest absolute Gasteiger partial charge is 0.417 e. The van der Waals surface area contributed by atoms with Crippen molar-refractivity contribution >= 4 is 11.8 Å². The summed E-state index contributed by atoms with van der Waals surface area (Å²) in [6, 6.07) is 5.02. The van der Waals surface area contributed by atoms with Crippen LogP contribution in [0.25, 0.3) is 0 Å². The van der Waals surface area contributed by atoms with Crippen LogP contribution in [0.5, 0.6) is 0 Å². The number of benzene rings is 1. The number of alkyl halides is 3. The van der Waals surface area contributed by atoms with Gasteiger partial charge in [0, 0.05) is 10.6 Å². The molecule has 0 fully saturated rings. The lowest BCUT2D eigenvalue weighted by Crippen LogP contribution is -2.07. The number of nitrogens with zero attached hydrogens (tertiary/aromatic N) is 1. The van der Waals surface area contributed by atoms with Gasteiger partial charge in [-0.25, -0.2) is 0 Å². The van der Waals surface area contributed by atoms with E-state index >= 15 is 0 Å². The van der Waals surface area contributed by atoms with Gasteiger partial charge in [-0.15, -0.1) is 11.8 Å². The average molecular weight is 247 g/mol. The molecule has 0 amide bonds. The van der Waals surface area contributed by atoms with E-state index in [2.05, 4.69) is 0 Å². The highest BCUT2D eigenvalue weighted by atomic mass is 32.2. The summed E-state index contributed by atoms with van der Waals surface area (Å²) in [5.41, 5.74) is -1.32. The summed E-state index contributed by atoms with van der Waals surface area (Å²) in [6.07, 6.45) is -4.53. The van der Waals surface area contributed by atoms with Gasteiger partial charge in [-0.3, -0.25) is 0 Å². The minimum Gasteiger partial charge on any atom is -0.396 e. The number of aliphatic hydroxyl groups is 1. The summed E-state index contributed by atoms with van der Waals surface area (Å²) < 4.78 is 37.6. The Morgan fingerprint density at radius 2 is 2.06 bits per heavy atom. The van der Waals surface area contributed by atoms with E-state index in [4.69, 9.17) is 10.4 Å². The summed E-state index contributed by atoms with van der Waals surface area (Å²) in [4.78, 5) is 0.389. The topological polar surface area (TPSA) is 44.0 Å². The highest BCUT2D eigenvalue weighted by Crippen LogP contribution is 2.34. The number of rotatable bonds is 3. The quantitative estimate of drug-likeness (QED) is 0.835. The fourth-order valence-corrected chi connectivity index (χ4v) is 1.80. The van der Waals surface area contributed by atoms with E-state index in [1.807, 2.05) is 0 Å². The van der Waals surface area contributed by atoms with E-state index in [-0.39, 0.29) is 12.2 Å². The SMILES string of the molecule is N#Cc1ccc(SCCO)cc1C(F)(F)F. The molecule has 0 aromatic heterocycles. The maximum Gasteiger partial charge on any atom is 0.417 e. The molecule has 1 aromatic rings. The lowest BCUT2D eigenvalue weighted by molar-refractivity contribution is -0.137. The average Bonchev–Trinajstić information content (AvgIpc) is 2.24. The minimum absolute atomic E-state index is 0.105. The zero-order valence-corrected chi connectivity index (χ0v) is 8.90. The van der Waals surface area contributed by atoms with Crippen molar-refractivity contribution in [3.8, 4) is 6.07 Å². The van der Waals surface area contributed by atoms with Crippen molar-refractivity contribution in [1.82, 2.24) is 0 Å². The second-order valence-electron chi connectivity index (χ2n) is 2.89. The van der Waals surface area contributed by atoms with E-state index in [1.54, 1.807) is 0 Å². The highest BCUT2D eigenvalue weighted by Gasteiger charge is 2.33. The van der Waals surface area contributed by atoms with Crippen molar-refractivity contribution in [2.45, 2.75) is 11.1 Å². The minimum atomic E-state index is -4.53. The van der Waals surface area contributed by atoms with Crippen LogP contribution in [0, 0.1) is 11.3 Å². The number of aliphatic hydroxyl groups excluding tert-OH is 1. The number of nitriles is 1. The molecule has 1 N–H and O–H groups in total. The summed E-state index contributed by atoms with van der Waals surface area (Å²) >= 11 is 1.11. The van der Waals surface area contributed by atoms with E-state index in [9.17, 15) is 13.2 Å². The first kappa shape index (κ1) is 12.9. The Morgan fingerprint density at radius 3 is 2.56 bits per heavy atom. The molecule has 0 heterocycles. The number of hydrogen-bond acceptors (Lipinski definition) is 3. The highest BCUT2D eigenvalue weighted by molar-refractivity contribution is 7.99. The first-order valence-electron chi connectivity index (χ1n) is 4.34. The molecule has 0 saturated carbocycles. The fourth-order valence-electron chi connectivity index (χ4n) is 1.11. The monoisotopic (exact) mass is 247 g/mol. The molecular formula is C10H8F3NOS. The summed E-state index contributed by atoms with van der Waals surface area (Å²) in [7, 11) is 0. The first-order valence-corrected chi connectivity index (χ1v) is 5.32. The van der Waals surface area contributed by atoms with Crippen molar-refractivity contribution in [2.24, 2.45) is 0 Å². The van der Waals surface area contributed by atoms with Crippen LogP contribution in [0.3, 0.4) is 0 Å². The zero-order chi connectivity index (χ0) is 12.2. The Labute approximate surface area is 94.7 Å². The first-order chi connectivity index (χ1) is 7.49. The van der Waals surface area contributed by atoms with Crippen LogP contribution in [0.4, 0.5) is 13.2 Å². The normalized spacial score (nSPS) is 11.2. The lowest BCUT2D eigenvalue weighted by Gasteiger charge is -2.10. The zero-order valence-electron chi connectivity index (χ0n) is 8.08. The fraction of sp³-hybridized carbons (Fsp3) is 0.300. The molecule has 0 bridgehead atoms. The maximum atomic E-state index is 12.5. The molecule has 1 rings (SSSR count). The van der Waals surface area contributed by atoms with Crippen LogP contribution in [0.15, 0.2) is 23.1 Å². The predicted octanol–water partition coefficient (Wildman–Crippen LogP) is 2.66. The van der Waals surface area contributed by atoms with Gasteiger partial charge in [-0.05, 0) is 18.2 Å². The van der Waals surface area contributed by atoms with Crippen molar-refractivity contribution in [3.05, 3.63) is 29.3 Å². The third-order valence-electron chi connectivity index (χ3n) is 1.78. The smallest absolute Gasteiger partial charge is 0.396 e. The molecule has 0 aliphatic rings. The molecule has 2 nitrogen and oxygen atoms in total. The molecular weight excluding hydrogens is 239 g/mol. The van der Waals surface area contributed by atoms with E-state index < -0.39 is 11.7 Å². The van der Waals surface area contributed by atoms with Gasteiger partial charge < -0.3 is 5.11 Å². The molecule has 0 atom stereocenters. The van der Waals surface area contributed by atoms with E-state index in [1.165, 1.54) is 12.1 Å². The molecule has 0 spiro atoms. The second-order valence-corrected chi connectivity index (χ2v) is 4.06.